The van der Waals surface area contributed by atoms with E-state index in [-0.39, 0.29) is 29.4 Å². The van der Waals surface area contributed by atoms with Gasteiger partial charge in [0.25, 0.3) is 0 Å². The van der Waals surface area contributed by atoms with Gasteiger partial charge in [-0.25, -0.2) is 8.42 Å². The SMILES string of the molecule is CCCOc1ccc(CN(C(=O)CC(C)C)[C@@H]2CCS(=O)(=O)C2)cc1. The summed E-state index contributed by atoms with van der Waals surface area (Å²) in [5, 5.41) is 0. The zero-order valence-electron chi connectivity index (χ0n) is 15.4. The number of carbonyl (C=O) groups excluding carboxylic acids is 1. The maximum Gasteiger partial charge on any atom is 0.223 e. The zero-order valence-corrected chi connectivity index (χ0v) is 16.2. The van der Waals surface area contributed by atoms with Gasteiger partial charge in [-0.2, -0.15) is 0 Å². The van der Waals surface area contributed by atoms with Crippen molar-refractivity contribution in [3.05, 3.63) is 29.8 Å². The Bertz CT molecular complexity index is 667. The minimum absolute atomic E-state index is 0.0309. The smallest absolute Gasteiger partial charge is 0.223 e. The first kappa shape index (κ1) is 19.8. The molecule has 1 aliphatic rings. The largest absolute Gasteiger partial charge is 0.494 e. The summed E-state index contributed by atoms with van der Waals surface area (Å²) in [6, 6.07) is 7.49. The van der Waals surface area contributed by atoms with Crippen LogP contribution in [0.4, 0.5) is 0 Å². The van der Waals surface area contributed by atoms with Crippen LogP contribution in [0.15, 0.2) is 24.3 Å². The molecule has 0 aliphatic carbocycles. The van der Waals surface area contributed by atoms with Crippen molar-refractivity contribution in [1.29, 1.82) is 0 Å². The van der Waals surface area contributed by atoms with Gasteiger partial charge in [0.05, 0.1) is 18.1 Å². The molecule has 0 unspecified atom stereocenters. The molecule has 0 spiro atoms. The summed E-state index contributed by atoms with van der Waals surface area (Å²) in [5.74, 6) is 1.34. The second kappa shape index (κ2) is 8.70. The molecular formula is C19H29NO4S. The molecule has 0 bridgehead atoms. The van der Waals surface area contributed by atoms with Crippen molar-refractivity contribution >= 4 is 15.7 Å². The minimum atomic E-state index is -3.03. The highest BCUT2D eigenvalue weighted by atomic mass is 32.2. The molecule has 1 saturated heterocycles. The molecule has 5 nitrogen and oxygen atoms in total. The van der Waals surface area contributed by atoms with Crippen LogP contribution in [0, 0.1) is 5.92 Å². The zero-order chi connectivity index (χ0) is 18.4. The first-order chi connectivity index (χ1) is 11.8. The van der Waals surface area contributed by atoms with E-state index in [1.807, 2.05) is 38.1 Å². The normalized spacial score (nSPS) is 19.1. The van der Waals surface area contributed by atoms with E-state index in [9.17, 15) is 13.2 Å². The summed E-state index contributed by atoms with van der Waals surface area (Å²) in [4.78, 5) is 14.4. The Balaban J connectivity index is 2.11. The highest BCUT2D eigenvalue weighted by Gasteiger charge is 2.34. The quantitative estimate of drug-likeness (QED) is 0.708. The van der Waals surface area contributed by atoms with Crippen LogP contribution in [-0.4, -0.2) is 43.4 Å². The van der Waals surface area contributed by atoms with Gasteiger partial charge in [0.2, 0.25) is 5.91 Å². The van der Waals surface area contributed by atoms with Crippen molar-refractivity contribution in [2.24, 2.45) is 5.92 Å². The summed E-state index contributed by atoms with van der Waals surface area (Å²) >= 11 is 0. The van der Waals surface area contributed by atoms with Gasteiger partial charge in [0.15, 0.2) is 9.84 Å². The van der Waals surface area contributed by atoms with E-state index >= 15 is 0 Å². The fourth-order valence-electron chi connectivity index (χ4n) is 3.02. The molecule has 0 radical (unpaired) electrons. The van der Waals surface area contributed by atoms with E-state index in [4.69, 9.17) is 4.74 Å². The Hall–Kier alpha value is -1.56. The van der Waals surface area contributed by atoms with Crippen LogP contribution >= 0.6 is 0 Å². The van der Waals surface area contributed by atoms with Crippen molar-refractivity contribution < 1.29 is 17.9 Å². The van der Waals surface area contributed by atoms with Crippen LogP contribution in [-0.2, 0) is 21.2 Å². The summed E-state index contributed by atoms with van der Waals surface area (Å²) in [6.07, 6.45) is 1.92. The highest BCUT2D eigenvalue weighted by molar-refractivity contribution is 7.91. The number of carbonyl (C=O) groups is 1. The Morgan fingerprint density at radius 3 is 2.48 bits per heavy atom. The van der Waals surface area contributed by atoms with Crippen LogP contribution in [0.1, 0.15) is 45.6 Å². The van der Waals surface area contributed by atoms with Crippen LogP contribution < -0.4 is 4.74 Å². The Morgan fingerprint density at radius 2 is 1.96 bits per heavy atom. The van der Waals surface area contributed by atoms with E-state index in [0.29, 0.717) is 26.0 Å². The van der Waals surface area contributed by atoms with Gasteiger partial charge in [-0.15, -0.1) is 0 Å². The third-order valence-corrected chi connectivity index (χ3v) is 6.05. The standard InChI is InChI=1S/C19H29NO4S/c1-4-10-24-18-7-5-16(6-8-18)13-20(19(21)12-15(2)3)17-9-11-25(22,23)14-17/h5-8,15,17H,4,9-14H2,1-3H3/t17-/m1/s1. The lowest BCUT2D eigenvalue weighted by Crippen LogP contribution is -2.41. The van der Waals surface area contributed by atoms with E-state index in [0.717, 1.165) is 17.7 Å². The molecule has 2 rings (SSSR count). The molecule has 1 aliphatic heterocycles. The molecule has 0 saturated carbocycles. The molecule has 1 heterocycles. The van der Waals surface area contributed by atoms with E-state index in [2.05, 4.69) is 6.92 Å². The van der Waals surface area contributed by atoms with Gasteiger partial charge < -0.3 is 9.64 Å². The monoisotopic (exact) mass is 367 g/mol. The van der Waals surface area contributed by atoms with E-state index in [1.165, 1.54) is 0 Å². The number of rotatable bonds is 8. The van der Waals surface area contributed by atoms with Crippen molar-refractivity contribution in [2.45, 2.75) is 52.6 Å². The predicted molar refractivity (Wildman–Crippen MR) is 99.3 cm³/mol. The van der Waals surface area contributed by atoms with Crippen LogP contribution in [0.2, 0.25) is 0 Å². The van der Waals surface area contributed by atoms with Gasteiger partial charge in [0, 0.05) is 19.0 Å². The van der Waals surface area contributed by atoms with Crippen molar-refractivity contribution in [3.63, 3.8) is 0 Å². The van der Waals surface area contributed by atoms with E-state index in [1.54, 1.807) is 4.90 Å². The Morgan fingerprint density at radius 1 is 1.28 bits per heavy atom. The van der Waals surface area contributed by atoms with Crippen LogP contribution in [0.5, 0.6) is 5.75 Å². The lowest BCUT2D eigenvalue weighted by atomic mass is 10.1. The van der Waals surface area contributed by atoms with Crippen LogP contribution in [0.3, 0.4) is 0 Å². The third kappa shape index (κ3) is 6.03. The summed E-state index contributed by atoms with van der Waals surface area (Å²) in [6.45, 7) is 7.18. The molecule has 6 heteroatoms. The number of benzene rings is 1. The second-order valence-electron chi connectivity index (χ2n) is 7.17. The maximum atomic E-state index is 12.7. The van der Waals surface area contributed by atoms with Gasteiger partial charge >= 0.3 is 0 Å². The first-order valence-corrected chi connectivity index (χ1v) is 10.8. The third-order valence-electron chi connectivity index (χ3n) is 4.30. The van der Waals surface area contributed by atoms with Crippen molar-refractivity contribution in [2.75, 3.05) is 18.1 Å². The molecule has 0 aromatic heterocycles. The molecule has 25 heavy (non-hydrogen) atoms. The first-order valence-electron chi connectivity index (χ1n) is 9.02. The number of nitrogens with zero attached hydrogens (tertiary/aromatic N) is 1. The summed E-state index contributed by atoms with van der Waals surface area (Å²) in [7, 11) is -3.03. The molecule has 140 valence electrons. The molecular weight excluding hydrogens is 338 g/mol. The molecule has 0 N–H and O–H groups in total. The molecule has 1 fully saturated rings. The van der Waals surface area contributed by atoms with Gasteiger partial charge in [-0.05, 0) is 36.5 Å². The lowest BCUT2D eigenvalue weighted by Gasteiger charge is -2.29. The van der Waals surface area contributed by atoms with Crippen LogP contribution in [0.25, 0.3) is 0 Å². The molecule has 1 amide bonds. The second-order valence-corrected chi connectivity index (χ2v) is 9.40. The average molecular weight is 368 g/mol. The fraction of sp³-hybridized carbons (Fsp3) is 0.632. The molecule has 1 atom stereocenters. The number of hydrogen-bond donors (Lipinski definition) is 0. The fourth-order valence-corrected chi connectivity index (χ4v) is 4.75. The topological polar surface area (TPSA) is 63.7 Å². The summed E-state index contributed by atoms with van der Waals surface area (Å²) in [5.41, 5.74) is 0.991. The summed E-state index contributed by atoms with van der Waals surface area (Å²) < 4.78 is 29.2. The number of hydrogen-bond acceptors (Lipinski definition) is 4. The van der Waals surface area contributed by atoms with Gasteiger partial charge in [-0.3, -0.25) is 4.79 Å². The average Bonchev–Trinajstić information content (AvgIpc) is 2.90. The lowest BCUT2D eigenvalue weighted by molar-refractivity contribution is -0.134. The van der Waals surface area contributed by atoms with Gasteiger partial charge in [-0.1, -0.05) is 32.9 Å². The highest BCUT2D eigenvalue weighted by Crippen LogP contribution is 2.23. The molecule has 1 aromatic carbocycles. The molecule has 1 aromatic rings. The Kier molecular flexibility index (Phi) is 6.87. The van der Waals surface area contributed by atoms with Crippen molar-refractivity contribution in [3.8, 4) is 5.75 Å². The maximum absolute atomic E-state index is 12.7. The number of sulfone groups is 1. The van der Waals surface area contributed by atoms with Crippen molar-refractivity contribution in [1.82, 2.24) is 4.90 Å². The van der Waals surface area contributed by atoms with E-state index < -0.39 is 9.84 Å². The minimum Gasteiger partial charge on any atom is -0.494 e. The Labute approximate surface area is 151 Å². The number of ether oxygens (including phenoxy) is 1. The van der Waals surface area contributed by atoms with Gasteiger partial charge in [0.1, 0.15) is 5.75 Å². The number of amides is 1. The predicted octanol–water partition coefficient (Wildman–Crippen LogP) is 3.04.